The van der Waals surface area contributed by atoms with Crippen molar-refractivity contribution in [1.82, 2.24) is 0 Å². The first-order chi connectivity index (χ1) is 15.7. The molecule has 0 amide bonds. The number of hydrogen-bond acceptors (Lipinski definition) is 6. The molecule has 7 nitrogen and oxygen atoms in total. The molecule has 0 radical (unpaired) electrons. The van der Waals surface area contributed by atoms with Crippen LogP contribution in [0.3, 0.4) is 0 Å². The topological polar surface area (TPSA) is 107 Å². The van der Waals surface area contributed by atoms with Crippen LogP contribution in [0.4, 0.5) is 0 Å². The first-order valence-corrected chi connectivity index (χ1v) is 15.7. The molecule has 0 saturated heterocycles. The summed E-state index contributed by atoms with van der Waals surface area (Å²) in [5, 5.41) is -1.93. The third kappa shape index (κ3) is 19.8. The molecule has 0 aromatic carbocycles. The van der Waals surface area contributed by atoms with Crippen LogP contribution in [-0.2, 0) is 29.2 Å². The summed E-state index contributed by atoms with van der Waals surface area (Å²) in [6.45, 7) is 4.64. The summed E-state index contributed by atoms with van der Waals surface area (Å²) in [5.74, 6) is -1.90. The van der Waals surface area contributed by atoms with E-state index in [1.54, 1.807) is 0 Å². The summed E-state index contributed by atoms with van der Waals surface area (Å²) in [6.07, 6.45) is 15.9. The van der Waals surface area contributed by atoms with Gasteiger partial charge in [-0.05, 0) is 0 Å². The second-order valence-electron chi connectivity index (χ2n) is 9.17. The Labute approximate surface area is 219 Å². The molecule has 0 saturated carbocycles. The minimum absolute atomic E-state index is 0.0985. The second kappa shape index (κ2) is 21.2. The van der Waals surface area contributed by atoms with Crippen LogP contribution in [0.2, 0.25) is 3.17 Å². The summed E-state index contributed by atoms with van der Waals surface area (Å²) in [4.78, 5) is 24.2. The van der Waals surface area contributed by atoms with E-state index in [1.165, 1.54) is 51.4 Å². The van der Waals surface area contributed by atoms with Crippen molar-refractivity contribution in [3.63, 3.8) is 0 Å². The molecule has 2 atom stereocenters. The zero-order valence-electron chi connectivity index (χ0n) is 21.2. The summed E-state index contributed by atoms with van der Waals surface area (Å²) in [5.41, 5.74) is 0. The van der Waals surface area contributed by atoms with Gasteiger partial charge < -0.3 is 0 Å². The quantitative estimate of drug-likeness (QED) is 0.0896. The van der Waals surface area contributed by atoms with E-state index >= 15 is 0 Å². The molecule has 9 heteroatoms. The zero-order chi connectivity index (χ0) is 25.0. The second-order valence-corrected chi connectivity index (χ2v) is 12.4. The first-order valence-electron chi connectivity index (χ1n) is 13.0. The molecule has 0 aromatic heterocycles. The van der Waals surface area contributed by atoms with Crippen molar-refractivity contribution < 1.29 is 32.0 Å². The summed E-state index contributed by atoms with van der Waals surface area (Å²) < 4.78 is 43.2. The molecule has 1 N–H and O–H groups in total. The fraction of sp³-hybridized carbons (Fsp3) is 0.917. The molecular formula is C24H45NaO7S. The van der Waals surface area contributed by atoms with Crippen LogP contribution < -0.4 is 0 Å². The van der Waals surface area contributed by atoms with Gasteiger partial charge in [0.2, 0.25) is 0 Å². The van der Waals surface area contributed by atoms with E-state index in [2.05, 4.69) is 13.8 Å². The Hall–Kier alpha value is -0.150. The van der Waals surface area contributed by atoms with Crippen LogP contribution in [0.1, 0.15) is 117 Å². The van der Waals surface area contributed by atoms with Crippen LogP contribution in [0.15, 0.2) is 0 Å². The van der Waals surface area contributed by atoms with Gasteiger partial charge >= 0.3 is 175 Å². The van der Waals surface area contributed by atoms with Crippen molar-refractivity contribution in [1.29, 1.82) is 0 Å². The molecule has 0 heterocycles. The van der Waals surface area contributed by atoms with Gasteiger partial charge in [-0.25, -0.2) is 0 Å². The van der Waals surface area contributed by atoms with Crippen LogP contribution in [0, 0.1) is 0 Å². The van der Waals surface area contributed by atoms with Gasteiger partial charge in [-0.3, -0.25) is 0 Å². The van der Waals surface area contributed by atoms with E-state index in [9.17, 15) is 22.6 Å². The predicted molar refractivity (Wildman–Crippen MR) is 132 cm³/mol. The minimum atomic E-state index is -4.75. The van der Waals surface area contributed by atoms with Crippen LogP contribution in [0.5, 0.6) is 0 Å². The number of ether oxygens (including phenoxy) is 2. The zero-order valence-corrected chi connectivity index (χ0v) is 24.0. The Kier molecular flexibility index (Phi) is 21.1. The molecule has 0 aliphatic heterocycles. The molecule has 190 valence electrons. The number of carbonyl (C=O) groups is 2. The molecule has 0 aromatic rings. The molecule has 33 heavy (non-hydrogen) atoms. The molecule has 0 aliphatic carbocycles. The monoisotopic (exact) mass is 500 g/mol. The third-order valence-electron chi connectivity index (χ3n) is 5.89. The standard InChI is InChI=1S/C24H45O7S.Na/c1-3-5-7-9-11-13-15-17-19-30-23(25)21-22(32(27,28)29)24(26)31-20-18-16-14-12-10-8-6-4-2;/h16,22H,3-15,17-21H2,1-2H3,(H,27,28,29);. The van der Waals surface area contributed by atoms with Crippen molar-refractivity contribution in [2.24, 2.45) is 0 Å². The molecule has 0 rings (SSSR count). The van der Waals surface area contributed by atoms with Crippen molar-refractivity contribution in [2.75, 3.05) is 13.2 Å². The average Bonchev–Trinajstić information content (AvgIpc) is 2.75. The average molecular weight is 501 g/mol. The molecule has 0 spiro atoms. The van der Waals surface area contributed by atoms with Gasteiger partial charge in [-0.2, -0.15) is 0 Å². The Morgan fingerprint density at radius 3 is 1.82 bits per heavy atom. The molecule has 0 bridgehead atoms. The third-order valence-corrected chi connectivity index (χ3v) is 8.12. The van der Waals surface area contributed by atoms with Gasteiger partial charge in [0.15, 0.2) is 0 Å². The van der Waals surface area contributed by atoms with Crippen molar-refractivity contribution in [3.8, 4) is 0 Å². The number of rotatable bonds is 22. The fourth-order valence-corrected chi connectivity index (χ4v) is 4.94. The van der Waals surface area contributed by atoms with Gasteiger partial charge in [0.05, 0.1) is 0 Å². The van der Waals surface area contributed by atoms with E-state index in [0.717, 1.165) is 60.0 Å². The Morgan fingerprint density at radius 2 is 1.27 bits per heavy atom. The molecule has 0 fully saturated rings. The van der Waals surface area contributed by atoms with Crippen molar-refractivity contribution >= 4 is 50.0 Å². The van der Waals surface area contributed by atoms with Gasteiger partial charge in [0.1, 0.15) is 0 Å². The van der Waals surface area contributed by atoms with E-state index in [0.29, 0.717) is 16.0 Å². The predicted octanol–water partition coefficient (Wildman–Crippen LogP) is 5.57. The van der Waals surface area contributed by atoms with E-state index < -0.39 is 33.7 Å². The summed E-state index contributed by atoms with van der Waals surface area (Å²) in [7, 11) is -4.75. The SMILES string of the molecule is CCCCCCCCCCOC(=O)CC(C(=O)OCC[CH]([Na])CCCCCCC)S(=O)(=O)O. The van der Waals surface area contributed by atoms with E-state index in [-0.39, 0.29) is 13.2 Å². The fourth-order valence-electron chi connectivity index (χ4n) is 3.64. The van der Waals surface area contributed by atoms with Crippen LogP contribution in [0.25, 0.3) is 0 Å². The molecule has 2 unspecified atom stereocenters. The Morgan fingerprint density at radius 1 is 0.758 bits per heavy atom. The normalized spacial score (nSPS) is 13.5. The van der Waals surface area contributed by atoms with Crippen LogP contribution >= 0.6 is 0 Å². The summed E-state index contributed by atoms with van der Waals surface area (Å²) >= 11 is 0.972. The van der Waals surface area contributed by atoms with E-state index in [4.69, 9.17) is 9.47 Å². The van der Waals surface area contributed by atoms with Crippen molar-refractivity contribution in [2.45, 2.75) is 125 Å². The van der Waals surface area contributed by atoms with Gasteiger partial charge in [-0.15, -0.1) is 0 Å². The molecule has 0 aliphatic rings. The van der Waals surface area contributed by atoms with E-state index in [1.807, 2.05) is 0 Å². The maximum atomic E-state index is 12.2. The van der Waals surface area contributed by atoms with Gasteiger partial charge in [0.25, 0.3) is 0 Å². The van der Waals surface area contributed by atoms with Gasteiger partial charge in [-0.1, -0.05) is 45.4 Å². The number of hydrogen-bond donors (Lipinski definition) is 1. The Bertz CT molecular complexity index is 610. The number of carbonyl (C=O) groups excluding carboxylic acids is 2. The maximum absolute atomic E-state index is 12.2. The molecular weight excluding hydrogens is 455 g/mol. The summed E-state index contributed by atoms with van der Waals surface area (Å²) in [6, 6.07) is 0. The number of unbranched alkanes of at least 4 members (excludes halogenated alkanes) is 11. The number of esters is 2. The van der Waals surface area contributed by atoms with Gasteiger partial charge in [0, 0.05) is 0 Å². The van der Waals surface area contributed by atoms with Crippen LogP contribution in [-0.4, -0.2) is 71.3 Å². The van der Waals surface area contributed by atoms with Crippen molar-refractivity contribution in [3.05, 3.63) is 0 Å². The first kappa shape index (κ1) is 32.8. The Balaban J connectivity index is 4.15.